The van der Waals surface area contributed by atoms with Crippen molar-refractivity contribution in [2.45, 2.75) is 0 Å². The topological polar surface area (TPSA) is 65.6 Å². The summed E-state index contributed by atoms with van der Waals surface area (Å²) in [4.78, 5) is 11.7. The number of nitrogens with zero attached hydrogens (tertiary/aromatic N) is 2. The molecule has 0 amide bonds. The Hall–Kier alpha value is -2.82. The van der Waals surface area contributed by atoms with Gasteiger partial charge >= 0.3 is 0 Å². The number of hydrogen-bond donors (Lipinski definition) is 3. The van der Waals surface area contributed by atoms with Crippen LogP contribution < -0.4 is 10.6 Å². The van der Waals surface area contributed by atoms with Crippen LogP contribution in [0.4, 0.5) is 17.3 Å². The van der Waals surface area contributed by atoms with Crippen molar-refractivity contribution in [2.24, 2.45) is 0 Å². The first-order chi connectivity index (χ1) is 9.85. The maximum absolute atomic E-state index is 4.33. The van der Waals surface area contributed by atoms with Crippen LogP contribution in [-0.4, -0.2) is 22.0 Å². The van der Waals surface area contributed by atoms with Crippen molar-refractivity contribution < 1.29 is 0 Å². The molecule has 0 fully saturated rings. The number of rotatable bonds is 4. The largest absolute Gasteiger partial charge is 0.388 e. The van der Waals surface area contributed by atoms with Gasteiger partial charge in [0.2, 0.25) is 5.95 Å². The van der Waals surface area contributed by atoms with E-state index in [0.717, 1.165) is 22.5 Å². The Morgan fingerprint density at radius 1 is 1.00 bits per heavy atom. The Morgan fingerprint density at radius 2 is 1.80 bits per heavy atom. The normalized spacial score (nSPS) is 10.2. The first kappa shape index (κ1) is 12.2. The zero-order valence-corrected chi connectivity index (χ0v) is 11.1. The molecule has 0 bridgehead atoms. The van der Waals surface area contributed by atoms with Gasteiger partial charge in [-0.25, -0.2) is 9.97 Å². The van der Waals surface area contributed by atoms with E-state index in [-0.39, 0.29) is 0 Å². The SMILES string of the molecule is CNc1cccc(Nc2ncc(-c3cc[nH]c3)cn2)c1. The predicted octanol–water partition coefficient (Wildman–Crippen LogP) is 3.26. The summed E-state index contributed by atoms with van der Waals surface area (Å²) in [7, 11) is 1.89. The Morgan fingerprint density at radius 3 is 2.50 bits per heavy atom. The third kappa shape index (κ3) is 2.61. The molecule has 100 valence electrons. The van der Waals surface area contributed by atoms with Gasteiger partial charge in [-0.3, -0.25) is 0 Å². The lowest BCUT2D eigenvalue weighted by atomic mass is 10.2. The summed E-state index contributed by atoms with van der Waals surface area (Å²) in [6.45, 7) is 0. The fourth-order valence-corrected chi connectivity index (χ4v) is 1.93. The molecule has 0 saturated heterocycles. The van der Waals surface area contributed by atoms with Gasteiger partial charge in [0.25, 0.3) is 0 Å². The molecule has 0 aliphatic rings. The highest BCUT2D eigenvalue weighted by Crippen LogP contribution is 2.20. The molecule has 0 aliphatic heterocycles. The van der Waals surface area contributed by atoms with Crippen molar-refractivity contribution in [2.75, 3.05) is 17.7 Å². The minimum absolute atomic E-state index is 0.581. The highest BCUT2D eigenvalue weighted by molar-refractivity contribution is 5.63. The van der Waals surface area contributed by atoms with E-state index in [0.29, 0.717) is 5.95 Å². The molecule has 2 aromatic heterocycles. The average molecular weight is 265 g/mol. The molecule has 0 saturated carbocycles. The lowest BCUT2D eigenvalue weighted by Crippen LogP contribution is -1.97. The van der Waals surface area contributed by atoms with Gasteiger partial charge in [-0.2, -0.15) is 0 Å². The molecule has 3 rings (SSSR count). The Kier molecular flexibility index (Phi) is 3.33. The second-order valence-corrected chi connectivity index (χ2v) is 4.35. The van der Waals surface area contributed by atoms with E-state index in [1.165, 1.54) is 0 Å². The zero-order valence-electron chi connectivity index (χ0n) is 11.1. The lowest BCUT2D eigenvalue weighted by molar-refractivity contribution is 1.17. The third-order valence-electron chi connectivity index (χ3n) is 2.99. The van der Waals surface area contributed by atoms with E-state index in [1.54, 1.807) is 12.4 Å². The maximum Gasteiger partial charge on any atom is 0.227 e. The number of aromatic amines is 1. The first-order valence-corrected chi connectivity index (χ1v) is 6.35. The number of hydrogen-bond acceptors (Lipinski definition) is 4. The standard InChI is InChI=1S/C15H15N5/c1-16-13-3-2-4-14(7-13)20-15-18-9-12(10-19-15)11-5-6-17-8-11/h2-10,16-17H,1H3,(H,18,19,20). The third-order valence-corrected chi connectivity index (χ3v) is 2.99. The maximum atomic E-state index is 4.33. The van der Waals surface area contributed by atoms with Crippen molar-refractivity contribution in [3.63, 3.8) is 0 Å². The molecule has 2 heterocycles. The molecule has 0 aliphatic carbocycles. The molecule has 0 unspecified atom stereocenters. The Bertz CT molecular complexity index is 674. The van der Waals surface area contributed by atoms with E-state index >= 15 is 0 Å². The van der Waals surface area contributed by atoms with Gasteiger partial charge in [0.1, 0.15) is 0 Å². The molecule has 0 spiro atoms. The molecule has 0 atom stereocenters. The quantitative estimate of drug-likeness (QED) is 0.677. The molecule has 20 heavy (non-hydrogen) atoms. The predicted molar refractivity (Wildman–Crippen MR) is 81.1 cm³/mol. The van der Waals surface area contributed by atoms with Crippen LogP contribution in [0.3, 0.4) is 0 Å². The number of aromatic nitrogens is 3. The zero-order chi connectivity index (χ0) is 13.8. The molecule has 1 aromatic carbocycles. The van der Waals surface area contributed by atoms with E-state index in [4.69, 9.17) is 0 Å². The summed E-state index contributed by atoms with van der Waals surface area (Å²) in [5.41, 5.74) is 4.06. The monoisotopic (exact) mass is 265 g/mol. The Balaban J connectivity index is 1.78. The first-order valence-electron chi connectivity index (χ1n) is 6.35. The number of benzene rings is 1. The Labute approximate surface area is 117 Å². The van der Waals surface area contributed by atoms with Gasteiger partial charge in [-0.15, -0.1) is 0 Å². The van der Waals surface area contributed by atoms with Gasteiger partial charge in [0.15, 0.2) is 0 Å². The lowest BCUT2D eigenvalue weighted by Gasteiger charge is -2.07. The summed E-state index contributed by atoms with van der Waals surface area (Å²) in [5.74, 6) is 0.581. The van der Waals surface area contributed by atoms with Crippen LogP contribution >= 0.6 is 0 Å². The molecule has 5 nitrogen and oxygen atoms in total. The van der Waals surface area contributed by atoms with E-state index in [9.17, 15) is 0 Å². The summed E-state index contributed by atoms with van der Waals surface area (Å²) in [6, 6.07) is 9.94. The highest BCUT2D eigenvalue weighted by atomic mass is 15.1. The van der Waals surface area contributed by atoms with Crippen LogP contribution in [0, 0.1) is 0 Å². The van der Waals surface area contributed by atoms with Crippen LogP contribution in [0.15, 0.2) is 55.1 Å². The smallest absolute Gasteiger partial charge is 0.227 e. The molecule has 3 aromatic rings. The highest BCUT2D eigenvalue weighted by Gasteiger charge is 2.01. The van der Waals surface area contributed by atoms with Crippen molar-refractivity contribution in [1.29, 1.82) is 0 Å². The summed E-state index contributed by atoms with van der Waals surface area (Å²) in [6.07, 6.45) is 7.41. The fraction of sp³-hybridized carbons (Fsp3) is 0.0667. The van der Waals surface area contributed by atoms with Crippen LogP contribution in [-0.2, 0) is 0 Å². The van der Waals surface area contributed by atoms with Gasteiger partial charge < -0.3 is 15.6 Å². The van der Waals surface area contributed by atoms with E-state index < -0.39 is 0 Å². The minimum atomic E-state index is 0.581. The van der Waals surface area contributed by atoms with E-state index in [1.807, 2.05) is 49.8 Å². The second kappa shape index (κ2) is 5.44. The van der Waals surface area contributed by atoms with Crippen LogP contribution in [0.5, 0.6) is 0 Å². The van der Waals surface area contributed by atoms with Gasteiger partial charge in [-0.05, 0) is 24.3 Å². The summed E-state index contributed by atoms with van der Waals surface area (Å²) >= 11 is 0. The van der Waals surface area contributed by atoms with Crippen molar-refractivity contribution in [3.05, 3.63) is 55.1 Å². The van der Waals surface area contributed by atoms with Gasteiger partial charge in [-0.1, -0.05) is 6.07 Å². The molecule has 5 heteroatoms. The van der Waals surface area contributed by atoms with Crippen molar-refractivity contribution >= 4 is 17.3 Å². The number of anilines is 3. The molecule has 3 N–H and O–H groups in total. The van der Waals surface area contributed by atoms with Gasteiger partial charge in [0, 0.05) is 54.3 Å². The average Bonchev–Trinajstić information content (AvgIpc) is 3.02. The van der Waals surface area contributed by atoms with Crippen LogP contribution in [0.1, 0.15) is 0 Å². The molecular formula is C15H15N5. The van der Waals surface area contributed by atoms with Crippen LogP contribution in [0.2, 0.25) is 0 Å². The fourth-order valence-electron chi connectivity index (χ4n) is 1.93. The second-order valence-electron chi connectivity index (χ2n) is 4.35. The summed E-state index contributed by atoms with van der Waals surface area (Å²) in [5, 5.41) is 6.28. The number of H-pyrrole nitrogens is 1. The van der Waals surface area contributed by atoms with Gasteiger partial charge in [0.05, 0.1) is 0 Å². The molecule has 0 radical (unpaired) electrons. The van der Waals surface area contributed by atoms with E-state index in [2.05, 4.69) is 25.6 Å². The van der Waals surface area contributed by atoms with Crippen LogP contribution in [0.25, 0.3) is 11.1 Å². The summed E-state index contributed by atoms with van der Waals surface area (Å²) < 4.78 is 0. The number of nitrogens with one attached hydrogen (secondary N) is 3. The van der Waals surface area contributed by atoms with Crippen molar-refractivity contribution in [3.8, 4) is 11.1 Å². The minimum Gasteiger partial charge on any atom is -0.388 e. The molecular weight excluding hydrogens is 250 g/mol. The van der Waals surface area contributed by atoms with Crippen molar-refractivity contribution in [1.82, 2.24) is 15.0 Å².